The minimum atomic E-state index is 0.763. The Morgan fingerprint density at radius 3 is 1.17 bits per heavy atom. The van der Waals surface area contributed by atoms with E-state index in [0.717, 1.165) is 45.5 Å². The number of anilines is 8. The van der Waals surface area contributed by atoms with Gasteiger partial charge in [-0.25, -0.2) is 0 Å². The highest BCUT2D eigenvalue weighted by Crippen LogP contribution is 2.41. The van der Waals surface area contributed by atoms with Gasteiger partial charge in [-0.1, -0.05) is 109 Å². The molecule has 48 heavy (non-hydrogen) atoms. The fourth-order valence-electron chi connectivity index (χ4n) is 5.85. The van der Waals surface area contributed by atoms with Gasteiger partial charge >= 0.3 is 0 Å². The molecule has 0 amide bonds. The lowest BCUT2D eigenvalue weighted by Gasteiger charge is -2.28. The number of hydrogen-bond acceptors (Lipinski definition) is 4. The Labute approximate surface area is 281 Å². The summed E-state index contributed by atoms with van der Waals surface area (Å²) in [5.74, 6) is 0. The van der Waals surface area contributed by atoms with E-state index >= 15 is 0 Å². The van der Waals surface area contributed by atoms with Gasteiger partial charge in [-0.15, -0.1) is 0 Å². The van der Waals surface area contributed by atoms with Crippen molar-refractivity contribution in [2.24, 2.45) is 0 Å². The second kappa shape index (κ2) is 14.3. The molecule has 0 atom stereocenters. The fourth-order valence-corrected chi connectivity index (χ4v) is 5.85. The van der Waals surface area contributed by atoms with Crippen molar-refractivity contribution in [1.29, 1.82) is 0 Å². The summed E-state index contributed by atoms with van der Waals surface area (Å²) in [5, 5.41) is 11.6. The predicted octanol–water partition coefficient (Wildman–Crippen LogP) is 12.2. The maximum Gasteiger partial charge on any atom is 0.0540 e. The van der Waals surface area contributed by atoms with E-state index < -0.39 is 0 Å². The Morgan fingerprint density at radius 2 is 0.708 bits per heavy atom. The molecule has 0 saturated carbocycles. The monoisotopic (exact) mass is 620 g/mol. The molecular formula is C44H36N4. The predicted molar refractivity (Wildman–Crippen MR) is 206 cm³/mol. The van der Waals surface area contributed by atoms with Crippen LogP contribution in [-0.4, -0.2) is 0 Å². The average molecular weight is 621 g/mol. The van der Waals surface area contributed by atoms with E-state index in [-0.39, 0.29) is 0 Å². The molecule has 0 aliphatic carbocycles. The van der Waals surface area contributed by atoms with E-state index in [1.54, 1.807) is 0 Å². The van der Waals surface area contributed by atoms with Crippen molar-refractivity contribution in [3.8, 4) is 0 Å². The van der Waals surface area contributed by atoms with Gasteiger partial charge in [0.2, 0.25) is 0 Å². The molecule has 0 bridgehead atoms. The number of para-hydroxylation sites is 2. The first-order valence-electron chi connectivity index (χ1n) is 16.1. The van der Waals surface area contributed by atoms with E-state index in [9.17, 15) is 0 Å². The molecule has 0 fully saturated rings. The van der Waals surface area contributed by atoms with E-state index in [1.807, 2.05) is 48.5 Å². The molecule has 0 aliphatic rings. The molecule has 8 aromatic carbocycles. The summed E-state index contributed by atoms with van der Waals surface area (Å²) < 4.78 is 0. The highest BCUT2D eigenvalue weighted by molar-refractivity contribution is 6.04. The number of hydrogen-bond donors (Lipinski definition) is 3. The normalized spacial score (nSPS) is 10.6. The summed E-state index contributed by atoms with van der Waals surface area (Å²) in [5.41, 5.74) is 14.5. The van der Waals surface area contributed by atoms with Crippen LogP contribution in [0.3, 0.4) is 0 Å². The van der Waals surface area contributed by atoms with Gasteiger partial charge in [-0.2, -0.15) is 0 Å². The van der Waals surface area contributed by atoms with Crippen LogP contribution in [0.5, 0.6) is 0 Å². The first kappa shape index (κ1) is 30.2. The Hall–Kier alpha value is -6.52. The van der Waals surface area contributed by atoms with E-state index in [1.165, 1.54) is 21.5 Å². The first-order valence-corrected chi connectivity index (χ1v) is 16.1. The van der Waals surface area contributed by atoms with Crippen LogP contribution in [0, 0.1) is 0 Å². The number of fused-ring (bicyclic) bond motifs is 2. The highest BCUT2D eigenvalue weighted by Gasteiger charge is 2.17. The lowest BCUT2D eigenvalue weighted by Crippen LogP contribution is -2.11. The maximum absolute atomic E-state index is 5.97. The van der Waals surface area contributed by atoms with Crippen molar-refractivity contribution in [2.45, 2.75) is 0 Å². The molecule has 0 unspecified atom stereocenters. The summed E-state index contributed by atoms with van der Waals surface area (Å²) in [6.07, 6.45) is 0. The minimum Gasteiger partial charge on any atom is -0.399 e. The van der Waals surface area contributed by atoms with Gasteiger partial charge in [-0.05, 0) is 95.7 Å². The number of nitrogens with one attached hydrogen (secondary N) is 2. The van der Waals surface area contributed by atoms with Crippen molar-refractivity contribution in [2.75, 3.05) is 21.3 Å². The summed E-state index contributed by atoms with van der Waals surface area (Å²) in [4.78, 5) is 2.32. The molecule has 0 heterocycles. The Morgan fingerprint density at radius 1 is 0.333 bits per heavy atom. The molecule has 232 valence electrons. The van der Waals surface area contributed by atoms with E-state index in [0.29, 0.717) is 0 Å². The lowest BCUT2D eigenvalue weighted by molar-refractivity contribution is 1.31. The molecular weight excluding hydrogens is 585 g/mol. The number of nitrogens with zero attached hydrogens (tertiary/aromatic N) is 1. The van der Waals surface area contributed by atoms with Gasteiger partial charge in [0.05, 0.1) is 11.4 Å². The molecule has 0 saturated heterocycles. The molecule has 8 aromatic rings. The fraction of sp³-hybridized carbons (Fsp3) is 0. The van der Waals surface area contributed by atoms with Gasteiger partial charge in [0.25, 0.3) is 0 Å². The zero-order valence-electron chi connectivity index (χ0n) is 26.5. The van der Waals surface area contributed by atoms with Crippen LogP contribution in [0.25, 0.3) is 21.5 Å². The summed E-state index contributed by atoms with van der Waals surface area (Å²) in [6.45, 7) is 0. The van der Waals surface area contributed by atoms with Crippen molar-refractivity contribution in [3.63, 3.8) is 0 Å². The Bertz CT molecular complexity index is 2080. The summed E-state index contributed by atoms with van der Waals surface area (Å²) >= 11 is 0. The SMILES string of the molecule is Nc1ccc(N(c2cccc3ccccc23)c2cccc3ccccc23)cc1.c1ccc(Nc2ccc(Nc3ccccc3)cc2)cc1. The number of nitrogens with two attached hydrogens (primary N) is 1. The average Bonchev–Trinajstić information content (AvgIpc) is 3.15. The van der Waals surface area contributed by atoms with E-state index in [4.69, 9.17) is 5.73 Å². The molecule has 0 aromatic heterocycles. The van der Waals surface area contributed by atoms with Gasteiger partial charge in [-0.3, -0.25) is 0 Å². The topological polar surface area (TPSA) is 53.3 Å². The molecule has 4 N–H and O–H groups in total. The number of nitrogen functional groups attached to an aromatic ring is 1. The van der Waals surface area contributed by atoms with Crippen molar-refractivity contribution in [1.82, 2.24) is 0 Å². The Balaban J connectivity index is 0.000000161. The quantitative estimate of drug-likeness (QED) is 0.155. The molecule has 4 nitrogen and oxygen atoms in total. The third kappa shape index (κ3) is 6.99. The third-order valence-electron chi connectivity index (χ3n) is 8.18. The third-order valence-corrected chi connectivity index (χ3v) is 8.18. The lowest BCUT2D eigenvalue weighted by atomic mass is 10.0. The maximum atomic E-state index is 5.97. The van der Waals surface area contributed by atoms with Crippen LogP contribution in [-0.2, 0) is 0 Å². The second-order valence-corrected chi connectivity index (χ2v) is 11.5. The number of rotatable bonds is 7. The minimum absolute atomic E-state index is 0.763. The molecule has 4 heteroatoms. The molecule has 0 aliphatic heterocycles. The molecule has 8 rings (SSSR count). The first-order chi connectivity index (χ1) is 23.7. The summed E-state index contributed by atoms with van der Waals surface area (Å²) in [7, 11) is 0. The van der Waals surface area contributed by atoms with Gasteiger partial charge in [0.15, 0.2) is 0 Å². The highest BCUT2D eigenvalue weighted by atomic mass is 15.1. The standard InChI is InChI=1S/C26H20N2.C18H16N2/c27-21-15-17-22(18-16-21)28(25-13-5-9-19-7-1-3-11-23(19)25)26-14-6-10-20-8-2-4-12-24(20)26;1-3-7-15(8-4-1)19-17-11-13-18(14-12-17)20-16-9-5-2-6-10-16/h1-18H,27H2;1-14,19-20H. The molecule has 0 radical (unpaired) electrons. The Kier molecular flexibility index (Phi) is 8.97. The van der Waals surface area contributed by atoms with Crippen LogP contribution in [0.1, 0.15) is 0 Å². The van der Waals surface area contributed by atoms with Gasteiger partial charge in [0, 0.05) is 44.9 Å². The van der Waals surface area contributed by atoms with Crippen molar-refractivity contribution in [3.05, 3.63) is 194 Å². The van der Waals surface area contributed by atoms with Crippen LogP contribution in [0.15, 0.2) is 194 Å². The smallest absolute Gasteiger partial charge is 0.0540 e. The van der Waals surface area contributed by atoms with E-state index in [2.05, 4.69) is 161 Å². The largest absolute Gasteiger partial charge is 0.399 e. The van der Waals surface area contributed by atoms with Gasteiger partial charge < -0.3 is 21.3 Å². The zero-order valence-corrected chi connectivity index (χ0v) is 26.5. The van der Waals surface area contributed by atoms with Gasteiger partial charge in [0.1, 0.15) is 0 Å². The number of benzene rings is 8. The van der Waals surface area contributed by atoms with Crippen LogP contribution >= 0.6 is 0 Å². The van der Waals surface area contributed by atoms with Crippen LogP contribution in [0.2, 0.25) is 0 Å². The molecule has 0 spiro atoms. The van der Waals surface area contributed by atoms with Crippen molar-refractivity contribution < 1.29 is 0 Å². The second-order valence-electron chi connectivity index (χ2n) is 11.5. The zero-order chi connectivity index (χ0) is 32.5. The van der Waals surface area contributed by atoms with Crippen LogP contribution in [0.4, 0.5) is 45.5 Å². The van der Waals surface area contributed by atoms with Crippen molar-refractivity contribution >= 4 is 67.0 Å². The summed E-state index contributed by atoms with van der Waals surface area (Å²) in [6, 6.07) is 66.6. The van der Waals surface area contributed by atoms with Crippen LogP contribution < -0.4 is 21.3 Å².